The number of likely N-dealkylation sites (N-methyl/N-ethyl adjacent to an activating group) is 1. The minimum absolute atomic E-state index is 0.104. The Balaban J connectivity index is 1.84. The number of carboxylic acid groups (broad SMARTS) is 1. The molecule has 40 heavy (non-hydrogen) atoms. The van der Waals surface area contributed by atoms with E-state index >= 15 is 0 Å². The third-order valence-corrected chi connectivity index (χ3v) is 8.84. The summed E-state index contributed by atoms with van der Waals surface area (Å²) < 4.78 is 83.3. The summed E-state index contributed by atoms with van der Waals surface area (Å²) in [4.78, 5) is 12.4. The number of aliphatic carboxylic acids is 1. The van der Waals surface area contributed by atoms with Gasteiger partial charge in [0.15, 0.2) is 0 Å². The average molecular weight is 597 g/mol. The van der Waals surface area contributed by atoms with E-state index in [1.54, 1.807) is 49.2 Å². The van der Waals surface area contributed by atoms with Crippen molar-refractivity contribution in [3.63, 3.8) is 0 Å². The fourth-order valence-corrected chi connectivity index (χ4v) is 6.56. The average Bonchev–Trinajstić information content (AvgIpc) is 2.87. The Bertz CT molecular complexity index is 1570. The number of benzene rings is 3. The van der Waals surface area contributed by atoms with Gasteiger partial charge in [-0.3, -0.25) is 9.10 Å². The molecule has 0 fully saturated rings. The quantitative estimate of drug-likeness (QED) is 0.236. The molecule has 1 heterocycles. The molecule has 0 unspecified atom stereocenters. The molecule has 3 aromatic carbocycles. The van der Waals surface area contributed by atoms with E-state index in [2.05, 4.69) is 0 Å². The van der Waals surface area contributed by atoms with E-state index in [-0.39, 0.29) is 35.7 Å². The second-order valence-corrected chi connectivity index (χ2v) is 11.7. The van der Waals surface area contributed by atoms with Crippen LogP contribution in [-0.2, 0) is 21.0 Å². The highest BCUT2D eigenvalue weighted by atomic mass is 35.5. The SMILES string of the molecule is CC(=Cc1ccc2c(c1)N(S(=O)(=O)c1cccc(C(F)(F)F)c1)C[C@H](CCC(=O)O)N2C)c1c(F)cccc1Cl. The van der Waals surface area contributed by atoms with Gasteiger partial charge in [0, 0.05) is 25.1 Å². The number of rotatable bonds is 7. The van der Waals surface area contributed by atoms with Gasteiger partial charge >= 0.3 is 12.1 Å². The molecule has 6 nitrogen and oxygen atoms in total. The van der Waals surface area contributed by atoms with Crippen molar-refractivity contribution < 1.29 is 35.9 Å². The van der Waals surface area contributed by atoms with Gasteiger partial charge in [0.05, 0.1) is 33.4 Å². The molecular weight excluding hydrogens is 572 g/mol. The summed E-state index contributed by atoms with van der Waals surface area (Å²) in [6.07, 6.45) is -3.26. The molecule has 1 N–H and O–H groups in total. The molecule has 4 rings (SSSR count). The van der Waals surface area contributed by atoms with Crippen molar-refractivity contribution in [1.29, 1.82) is 0 Å². The summed E-state index contributed by atoms with van der Waals surface area (Å²) in [5.41, 5.74) is 0.667. The standard InChI is InChI=1S/C28H25ClF4N2O4S/c1-17(27-22(29)7-4-8-23(27)30)13-18-9-11-24-25(14-18)35(16-20(34(24)2)10-12-26(36)37)40(38,39)21-6-3-5-19(15-21)28(31,32)33/h3-9,11,13-15,20H,10,12,16H2,1-2H3,(H,36,37)/t20-/m0/s1. The van der Waals surface area contributed by atoms with Crippen LogP contribution in [0.5, 0.6) is 0 Å². The van der Waals surface area contributed by atoms with Crippen molar-refractivity contribution >= 4 is 50.6 Å². The molecule has 1 aliphatic heterocycles. The molecule has 0 spiro atoms. The van der Waals surface area contributed by atoms with Crippen LogP contribution in [0.25, 0.3) is 11.6 Å². The van der Waals surface area contributed by atoms with Crippen molar-refractivity contribution in [2.45, 2.75) is 36.9 Å². The maximum atomic E-state index is 14.5. The molecule has 0 saturated carbocycles. The lowest BCUT2D eigenvalue weighted by atomic mass is 10.0. The van der Waals surface area contributed by atoms with Crippen molar-refractivity contribution in [2.24, 2.45) is 0 Å². The largest absolute Gasteiger partial charge is 0.481 e. The first-order valence-electron chi connectivity index (χ1n) is 12.1. The number of hydrogen-bond donors (Lipinski definition) is 1. The van der Waals surface area contributed by atoms with Gasteiger partial charge in [-0.1, -0.05) is 35.9 Å². The van der Waals surface area contributed by atoms with Crippen LogP contribution in [0.4, 0.5) is 28.9 Å². The number of carbonyl (C=O) groups is 1. The Morgan fingerprint density at radius 2 is 1.80 bits per heavy atom. The summed E-state index contributed by atoms with van der Waals surface area (Å²) in [6.45, 7) is 1.45. The number of nitrogens with zero attached hydrogens (tertiary/aromatic N) is 2. The maximum Gasteiger partial charge on any atom is 0.416 e. The van der Waals surface area contributed by atoms with Crippen LogP contribution in [0.2, 0.25) is 5.02 Å². The number of sulfonamides is 1. The number of halogens is 5. The first kappa shape index (κ1) is 29.4. The fraction of sp³-hybridized carbons (Fsp3) is 0.250. The lowest BCUT2D eigenvalue weighted by molar-refractivity contribution is -0.138. The monoisotopic (exact) mass is 596 g/mol. The minimum Gasteiger partial charge on any atom is -0.481 e. The highest BCUT2D eigenvalue weighted by Gasteiger charge is 2.38. The second-order valence-electron chi connectivity index (χ2n) is 9.43. The number of fused-ring (bicyclic) bond motifs is 1. The lowest BCUT2D eigenvalue weighted by Gasteiger charge is -2.42. The summed E-state index contributed by atoms with van der Waals surface area (Å²) >= 11 is 6.19. The van der Waals surface area contributed by atoms with E-state index in [0.717, 1.165) is 22.5 Å². The number of allylic oxidation sites excluding steroid dienone is 1. The van der Waals surface area contributed by atoms with Gasteiger partial charge in [0.2, 0.25) is 0 Å². The second kappa shape index (κ2) is 11.1. The van der Waals surface area contributed by atoms with E-state index in [4.69, 9.17) is 11.6 Å². The van der Waals surface area contributed by atoms with Crippen molar-refractivity contribution in [3.8, 4) is 0 Å². The van der Waals surface area contributed by atoms with E-state index in [1.807, 2.05) is 0 Å². The molecule has 0 aromatic heterocycles. The van der Waals surface area contributed by atoms with Gasteiger partial charge in [0.25, 0.3) is 10.0 Å². The zero-order valence-corrected chi connectivity index (χ0v) is 23.0. The van der Waals surface area contributed by atoms with Crippen LogP contribution in [0.1, 0.15) is 36.5 Å². The first-order valence-corrected chi connectivity index (χ1v) is 13.9. The summed E-state index contributed by atoms with van der Waals surface area (Å²) in [5, 5.41) is 9.39. The Hall–Kier alpha value is -3.57. The van der Waals surface area contributed by atoms with Gasteiger partial charge in [-0.05, 0) is 66.9 Å². The summed E-state index contributed by atoms with van der Waals surface area (Å²) in [7, 11) is -2.81. The van der Waals surface area contributed by atoms with Crippen LogP contribution >= 0.6 is 11.6 Å². The number of alkyl halides is 3. The maximum absolute atomic E-state index is 14.5. The normalized spacial score (nSPS) is 16.2. The number of anilines is 2. The van der Waals surface area contributed by atoms with Crippen molar-refractivity contribution in [1.82, 2.24) is 0 Å². The van der Waals surface area contributed by atoms with E-state index in [1.165, 1.54) is 12.1 Å². The molecule has 1 aliphatic rings. The molecule has 212 valence electrons. The topological polar surface area (TPSA) is 77.9 Å². The Morgan fingerprint density at radius 3 is 2.45 bits per heavy atom. The molecule has 0 amide bonds. The Labute approximate surface area is 234 Å². The Morgan fingerprint density at radius 1 is 1.10 bits per heavy atom. The van der Waals surface area contributed by atoms with E-state index in [0.29, 0.717) is 22.9 Å². The zero-order valence-electron chi connectivity index (χ0n) is 21.4. The molecule has 0 radical (unpaired) electrons. The molecule has 0 saturated heterocycles. The predicted octanol–water partition coefficient (Wildman–Crippen LogP) is 6.94. The molecule has 3 aromatic rings. The number of carboxylic acids is 1. The van der Waals surface area contributed by atoms with Crippen LogP contribution in [0.3, 0.4) is 0 Å². The molecule has 1 atom stereocenters. The minimum atomic E-state index is -4.75. The van der Waals surface area contributed by atoms with E-state index in [9.17, 15) is 35.9 Å². The van der Waals surface area contributed by atoms with Gasteiger partial charge in [-0.25, -0.2) is 12.8 Å². The van der Waals surface area contributed by atoms with Crippen LogP contribution in [-0.4, -0.2) is 39.1 Å². The van der Waals surface area contributed by atoms with E-state index < -0.39 is 44.5 Å². The molecule has 0 aliphatic carbocycles. The van der Waals surface area contributed by atoms with Crippen LogP contribution in [0.15, 0.2) is 65.6 Å². The molecule has 0 bridgehead atoms. The smallest absolute Gasteiger partial charge is 0.416 e. The third kappa shape index (κ3) is 5.95. The zero-order chi connectivity index (χ0) is 29.4. The summed E-state index contributed by atoms with van der Waals surface area (Å²) in [6, 6.07) is 12.0. The summed E-state index contributed by atoms with van der Waals surface area (Å²) in [5.74, 6) is -1.59. The van der Waals surface area contributed by atoms with Gasteiger partial charge in [0.1, 0.15) is 5.82 Å². The Kier molecular flexibility index (Phi) is 8.18. The van der Waals surface area contributed by atoms with Crippen molar-refractivity contribution in [2.75, 3.05) is 22.8 Å². The number of hydrogen-bond acceptors (Lipinski definition) is 4. The predicted molar refractivity (Wildman–Crippen MR) is 146 cm³/mol. The molecular formula is C28H25ClF4N2O4S. The van der Waals surface area contributed by atoms with Gasteiger partial charge in [-0.2, -0.15) is 13.2 Å². The first-order chi connectivity index (χ1) is 18.7. The van der Waals surface area contributed by atoms with Crippen molar-refractivity contribution in [3.05, 3.63) is 88.2 Å². The fourth-order valence-electron chi connectivity index (χ4n) is 4.70. The lowest BCUT2D eigenvalue weighted by Crippen LogP contribution is -2.49. The van der Waals surface area contributed by atoms with Gasteiger partial charge < -0.3 is 10.0 Å². The molecule has 12 heteroatoms. The van der Waals surface area contributed by atoms with Crippen LogP contribution in [0, 0.1) is 5.82 Å². The van der Waals surface area contributed by atoms with Gasteiger partial charge in [-0.15, -0.1) is 0 Å². The van der Waals surface area contributed by atoms with Crippen LogP contribution < -0.4 is 9.21 Å². The highest BCUT2D eigenvalue weighted by molar-refractivity contribution is 7.92. The highest BCUT2D eigenvalue weighted by Crippen LogP contribution is 2.41. The third-order valence-electron chi connectivity index (χ3n) is 6.75.